The third kappa shape index (κ3) is 3.50. The molecule has 5 nitrogen and oxygen atoms in total. The second-order valence-electron chi connectivity index (χ2n) is 4.46. The minimum atomic E-state index is -0.605. The van der Waals surface area contributed by atoms with Crippen LogP contribution in [0, 0.1) is 11.3 Å². The summed E-state index contributed by atoms with van der Waals surface area (Å²) in [6.45, 7) is 2.87. The lowest BCUT2D eigenvalue weighted by atomic mass is 10.2. The number of ether oxygens (including phenoxy) is 2. The first kappa shape index (κ1) is 14.8. The molecule has 0 aliphatic carbocycles. The Morgan fingerprint density at radius 3 is 3.05 bits per heavy atom. The standard InChI is InChI=1S/C14H15BrN2O3/c1-10(20-13-5-3-2-4-12(13)15)14(18)17-6-7-19-11(8-16)9-17/h2-5,10-11H,6-7,9H2,1H3. The van der Waals surface area contributed by atoms with E-state index in [1.807, 2.05) is 24.3 Å². The van der Waals surface area contributed by atoms with Crippen LogP contribution in [0.2, 0.25) is 0 Å². The summed E-state index contributed by atoms with van der Waals surface area (Å²) in [5, 5.41) is 8.85. The predicted octanol–water partition coefficient (Wildman–Crippen LogP) is 1.97. The first-order valence-corrected chi connectivity index (χ1v) is 7.12. The van der Waals surface area contributed by atoms with E-state index in [2.05, 4.69) is 15.9 Å². The molecule has 1 aromatic carbocycles. The summed E-state index contributed by atoms with van der Waals surface area (Å²) in [6, 6.07) is 9.40. The average molecular weight is 339 g/mol. The number of rotatable bonds is 3. The van der Waals surface area contributed by atoms with Gasteiger partial charge in [0.05, 0.1) is 23.7 Å². The third-order valence-corrected chi connectivity index (χ3v) is 3.67. The molecule has 0 spiro atoms. The van der Waals surface area contributed by atoms with Crippen molar-refractivity contribution in [2.24, 2.45) is 0 Å². The minimum Gasteiger partial charge on any atom is -0.480 e. The predicted molar refractivity (Wildman–Crippen MR) is 76.2 cm³/mol. The van der Waals surface area contributed by atoms with Gasteiger partial charge in [0.2, 0.25) is 0 Å². The molecule has 0 aromatic heterocycles. The molecule has 0 N–H and O–H groups in total. The Hall–Kier alpha value is -1.58. The van der Waals surface area contributed by atoms with Crippen LogP contribution in [0.4, 0.5) is 0 Å². The van der Waals surface area contributed by atoms with Crippen molar-refractivity contribution < 1.29 is 14.3 Å². The van der Waals surface area contributed by atoms with Gasteiger partial charge in [0.15, 0.2) is 12.2 Å². The molecule has 1 aliphatic heterocycles. The molecular weight excluding hydrogens is 324 g/mol. The molecule has 1 aliphatic rings. The van der Waals surface area contributed by atoms with Crippen molar-refractivity contribution in [1.29, 1.82) is 5.26 Å². The van der Waals surface area contributed by atoms with Gasteiger partial charge in [-0.2, -0.15) is 5.26 Å². The first-order valence-electron chi connectivity index (χ1n) is 6.33. The van der Waals surface area contributed by atoms with Crippen LogP contribution in [0.25, 0.3) is 0 Å². The lowest BCUT2D eigenvalue weighted by Gasteiger charge is -2.31. The lowest BCUT2D eigenvalue weighted by molar-refractivity contribution is -0.143. The maximum Gasteiger partial charge on any atom is 0.263 e. The average Bonchev–Trinajstić information content (AvgIpc) is 2.48. The number of hydrogen-bond donors (Lipinski definition) is 0. The zero-order valence-electron chi connectivity index (χ0n) is 11.1. The SMILES string of the molecule is CC(Oc1ccccc1Br)C(=O)N1CCOC(C#N)C1. The smallest absolute Gasteiger partial charge is 0.263 e. The monoisotopic (exact) mass is 338 g/mol. The molecule has 20 heavy (non-hydrogen) atoms. The van der Waals surface area contributed by atoms with Gasteiger partial charge < -0.3 is 14.4 Å². The maximum atomic E-state index is 12.3. The van der Waals surface area contributed by atoms with Crippen LogP contribution in [0.1, 0.15) is 6.92 Å². The van der Waals surface area contributed by atoms with E-state index in [4.69, 9.17) is 14.7 Å². The van der Waals surface area contributed by atoms with Crippen LogP contribution in [-0.4, -0.2) is 42.7 Å². The van der Waals surface area contributed by atoms with E-state index in [1.165, 1.54) is 0 Å². The Bertz CT molecular complexity index is 529. The summed E-state index contributed by atoms with van der Waals surface area (Å²) < 4.78 is 11.7. The fourth-order valence-electron chi connectivity index (χ4n) is 1.97. The second-order valence-corrected chi connectivity index (χ2v) is 5.32. The number of nitriles is 1. The zero-order chi connectivity index (χ0) is 14.5. The summed E-state index contributed by atoms with van der Waals surface area (Å²) >= 11 is 3.38. The van der Waals surface area contributed by atoms with E-state index in [-0.39, 0.29) is 5.91 Å². The molecule has 1 fully saturated rings. The number of para-hydroxylation sites is 1. The highest BCUT2D eigenvalue weighted by molar-refractivity contribution is 9.10. The van der Waals surface area contributed by atoms with Gasteiger partial charge in [-0.3, -0.25) is 4.79 Å². The molecule has 6 heteroatoms. The molecule has 1 heterocycles. The van der Waals surface area contributed by atoms with Crippen LogP contribution < -0.4 is 4.74 Å². The highest BCUT2D eigenvalue weighted by Crippen LogP contribution is 2.25. The Kier molecular flexibility index (Phi) is 4.99. The van der Waals surface area contributed by atoms with Gasteiger partial charge in [0, 0.05) is 6.54 Å². The maximum absolute atomic E-state index is 12.3. The van der Waals surface area contributed by atoms with E-state index in [0.29, 0.717) is 25.4 Å². The van der Waals surface area contributed by atoms with E-state index in [1.54, 1.807) is 17.9 Å². The first-order chi connectivity index (χ1) is 9.61. The van der Waals surface area contributed by atoms with Crippen LogP contribution in [0.3, 0.4) is 0 Å². The van der Waals surface area contributed by atoms with Crippen molar-refractivity contribution in [2.45, 2.75) is 19.1 Å². The number of nitrogens with zero attached hydrogens (tertiary/aromatic N) is 2. The Morgan fingerprint density at radius 1 is 1.60 bits per heavy atom. The van der Waals surface area contributed by atoms with Crippen molar-refractivity contribution in [3.05, 3.63) is 28.7 Å². The molecule has 1 saturated heterocycles. The van der Waals surface area contributed by atoms with Crippen LogP contribution in [-0.2, 0) is 9.53 Å². The van der Waals surface area contributed by atoms with Gasteiger partial charge in [-0.25, -0.2) is 0 Å². The number of amides is 1. The Morgan fingerprint density at radius 2 is 2.35 bits per heavy atom. The van der Waals surface area contributed by atoms with Gasteiger partial charge in [0.25, 0.3) is 5.91 Å². The summed E-state index contributed by atoms with van der Waals surface area (Å²) in [5.74, 6) is 0.489. The zero-order valence-corrected chi connectivity index (χ0v) is 12.7. The van der Waals surface area contributed by atoms with Gasteiger partial charge in [-0.05, 0) is 35.0 Å². The van der Waals surface area contributed by atoms with Crippen molar-refractivity contribution in [2.75, 3.05) is 19.7 Å². The van der Waals surface area contributed by atoms with Crippen molar-refractivity contribution in [3.63, 3.8) is 0 Å². The molecule has 0 radical (unpaired) electrons. The number of hydrogen-bond acceptors (Lipinski definition) is 4. The fraction of sp³-hybridized carbons (Fsp3) is 0.429. The molecule has 2 atom stereocenters. The molecule has 0 bridgehead atoms. The quantitative estimate of drug-likeness (QED) is 0.845. The lowest BCUT2D eigenvalue weighted by Crippen LogP contribution is -2.49. The number of benzene rings is 1. The summed E-state index contributed by atoms with van der Waals surface area (Å²) in [7, 11) is 0. The van der Waals surface area contributed by atoms with Gasteiger partial charge in [-0.15, -0.1) is 0 Å². The van der Waals surface area contributed by atoms with Crippen molar-refractivity contribution >= 4 is 21.8 Å². The Balaban J connectivity index is 1.99. The Labute approximate surface area is 126 Å². The van der Waals surface area contributed by atoms with Gasteiger partial charge in [0.1, 0.15) is 5.75 Å². The normalized spacial score (nSPS) is 20.1. The number of carbonyl (C=O) groups is 1. The largest absolute Gasteiger partial charge is 0.480 e. The molecule has 1 amide bonds. The molecular formula is C14H15BrN2O3. The third-order valence-electron chi connectivity index (χ3n) is 3.01. The molecule has 0 saturated carbocycles. The van der Waals surface area contributed by atoms with Crippen LogP contribution in [0.5, 0.6) is 5.75 Å². The topological polar surface area (TPSA) is 62.6 Å². The van der Waals surface area contributed by atoms with E-state index in [9.17, 15) is 4.79 Å². The summed E-state index contributed by atoms with van der Waals surface area (Å²) in [4.78, 5) is 13.9. The summed E-state index contributed by atoms with van der Waals surface area (Å²) in [5.41, 5.74) is 0. The number of carbonyl (C=O) groups excluding carboxylic acids is 1. The van der Waals surface area contributed by atoms with Crippen molar-refractivity contribution in [1.82, 2.24) is 4.90 Å². The fourth-order valence-corrected chi connectivity index (χ4v) is 2.34. The highest BCUT2D eigenvalue weighted by Gasteiger charge is 2.28. The van der Waals surface area contributed by atoms with E-state index >= 15 is 0 Å². The molecule has 2 unspecified atom stereocenters. The second kappa shape index (κ2) is 6.73. The number of halogens is 1. The highest BCUT2D eigenvalue weighted by atomic mass is 79.9. The molecule has 106 valence electrons. The molecule has 1 aromatic rings. The van der Waals surface area contributed by atoms with Gasteiger partial charge >= 0.3 is 0 Å². The van der Waals surface area contributed by atoms with Crippen molar-refractivity contribution in [3.8, 4) is 11.8 Å². The van der Waals surface area contributed by atoms with E-state index < -0.39 is 12.2 Å². The number of morpholine rings is 1. The summed E-state index contributed by atoms with van der Waals surface area (Å²) in [6.07, 6.45) is -1.16. The van der Waals surface area contributed by atoms with Gasteiger partial charge in [-0.1, -0.05) is 12.1 Å². The molecule has 2 rings (SSSR count). The van der Waals surface area contributed by atoms with Crippen LogP contribution in [0.15, 0.2) is 28.7 Å². The minimum absolute atomic E-state index is 0.135. The van der Waals surface area contributed by atoms with Crippen LogP contribution >= 0.6 is 15.9 Å². The van der Waals surface area contributed by atoms with E-state index in [0.717, 1.165) is 4.47 Å².